The number of fused-ring (bicyclic) bond motifs is 1. The minimum absolute atomic E-state index is 0.183. The van der Waals surface area contributed by atoms with Crippen LogP contribution in [-0.2, 0) is 9.53 Å². The fraction of sp³-hybridized carbons (Fsp3) is 0.147. The van der Waals surface area contributed by atoms with Crippen LogP contribution in [0.4, 0.5) is 0 Å². The van der Waals surface area contributed by atoms with Crippen LogP contribution in [-0.4, -0.2) is 24.3 Å². The summed E-state index contributed by atoms with van der Waals surface area (Å²) in [5, 5.41) is 0. The van der Waals surface area contributed by atoms with Crippen LogP contribution in [0.15, 0.2) is 109 Å². The van der Waals surface area contributed by atoms with Crippen LogP contribution in [0.5, 0.6) is 5.75 Å². The van der Waals surface area contributed by atoms with Crippen LogP contribution in [0.2, 0.25) is 0 Å². The van der Waals surface area contributed by atoms with Crippen LogP contribution < -0.4 is 19.6 Å². The third-order valence-corrected chi connectivity index (χ3v) is 8.73. The molecule has 7 nitrogen and oxygen atoms in total. The molecule has 0 N–H and O–H groups in total. The summed E-state index contributed by atoms with van der Waals surface area (Å²) in [6.07, 6.45) is 1.72. The topological polar surface area (TPSA) is 83.0 Å². The lowest BCUT2D eigenvalue weighted by molar-refractivity contribution is -0.138. The highest BCUT2D eigenvalue weighted by molar-refractivity contribution is 9.10. The predicted molar refractivity (Wildman–Crippen MR) is 171 cm³/mol. The van der Waals surface area contributed by atoms with E-state index >= 15 is 0 Å². The maximum absolute atomic E-state index is 14.1. The number of esters is 1. The number of carbonyl (C=O) groups is 1. The highest BCUT2D eigenvalue weighted by Gasteiger charge is 2.35. The normalized spacial score (nSPS) is 14.8. The molecule has 1 atom stereocenters. The van der Waals surface area contributed by atoms with Gasteiger partial charge in [-0.25, -0.2) is 9.79 Å². The molecule has 43 heavy (non-hydrogen) atoms. The molecule has 0 saturated heterocycles. The lowest BCUT2D eigenvalue weighted by atomic mass is 9.93. The second-order valence-electron chi connectivity index (χ2n) is 9.89. The minimum Gasteiger partial charge on any atom is -0.497 e. The van der Waals surface area contributed by atoms with E-state index in [2.05, 4.69) is 15.9 Å². The molecule has 1 aliphatic rings. The molecule has 6 rings (SSSR count). The third kappa shape index (κ3) is 5.53. The number of furan rings is 1. The molecule has 9 heteroatoms. The number of aryl methyl sites for hydroxylation is 1. The molecule has 0 aliphatic carbocycles. The van der Waals surface area contributed by atoms with Crippen LogP contribution in [0, 0.1) is 6.92 Å². The van der Waals surface area contributed by atoms with E-state index in [0.29, 0.717) is 37.9 Å². The molecule has 2 aromatic heterocycles. The van der Waals surface area contributed by atoms with E-state index < -0.39 is 12.0 Å². The number of ether oxygens (including phenoxy) is 2. The number of thiazole rings is 1. The zero-order valence-corrected chi connectivity index (χ0v) is 26.1. The van der Waals surface area contributed by atoms with E-state index in [1.807, 2.05) is 91.9 Å². The van der Waals surface area contributed by atoms with Gasteiger partial charge in [0.25, 0.3) is 5.56 Å². The number of aromatic nitrogens is 1. The van der Waals surface area contributed by atoms with Gasteiger partial charge in [-0.15, -0.1) is 0 Å². The standard InChI is InChI=1S/C34H27BrN2O5S/c1-4-41-33(39)29-30(21-8-6-5-7-9-21)36-34-37(31(29)22-11-13-23(40-3)14-12-22)32(38)28(43-34)19-24-15-17-27(42-24)25-16-10-20(2)18-26(25)35/h5-19,31H,4H2,1-3H3/b28-19-. The fourth-order valence-corrected chi connectivity index (χ4v) is 6.74. The van der Waals surface area contributed by atoms with Crippen molar-refractivity contribution in [2.45, 2.75) is 19.9 Å². The van der Waals surface area contributed by atoms with Gasteiger partial charge in [0.2, 0.25) is 0 Å². The molecule has 1 aliphatic heterocycles. The van der Waals surface area contributed by atoms with Gasteiger partial charge < -0.3 is 13.9 Å². The molecule has 3 aromatic carbocycles. The Bertz CT molecular complexity index is 2040. The molecule has 0 radical (unpaired) electrons. The van der Waals surface area contributed by atoms with Crippen molar-refractivity contribution >= 4 is 45.0 Å². The lowest BCUT2D eigenvalue weighted by Gasteiger charge is -2.26. The summed E-state index contributed by atoms with van der Waals surface area (Å²) < 4.78 is 20.0. The number of methoxy groups -OCH3 is 1. The summed E-state index contributed by atoms with van der Waals surface area (Å²) in [5.74, 6) is 1.34. The fourth-order valence-electron chi connectivity index (χ4n) is 5.07. The lowest BCUT2D eigenvalue weighted by Crippen LogP contribution is -2.40. The quantitative estimate of drug-likeness (QED) is 0.193. The molecule has 0 bridgehead atoms. The molecule has 5 aromatic rings. The van der Waals surface area contributed by atoms with Gasteiger partial charge >= 0.3 is 5.97 Å². The maximum Gasteiger partial charge on any atom is 0.338 e. The van der Waals surface area contributed by atoms with Crippen molar-refractivity contribution < 1.29 is 18.7 Å². The summed E-state index contributed by atoms with van der Waals surface area (Å²) in [4.78, 5) is 33.0. The summed E-state index contributed by atoms with van der Waals surface area (Å²) in [6, 6.07) is 25.8. The molecule has 1 unspecified atom stereocenters. The first kappa shape index (κ1) is 28.6. The van der Waals surface area contributed by atoms with Gasteiger partial charge in [-0.2, -0.15) is 0 Å². The number of carbonyl (C=O) groups excluding carboxylic acids is 1. The van der Waals surface area contributed by atoms with Gasteiger partial charge in [-0.3, -0.25) is 9.36 Å². The zero-order valence-electron chi connectivity index (χ0n) is 23.7. The Morgan fingerprint density at radius 3 is 2.53 bits per heavy atom. The highest BCUT2D eigenvalue weighted by atomic mass is 79.9. The Hall–Kier alpha value is -4.47. The average molecular weight is 656 g/mol. The Kier molecular flexibility index (Phi) is 8.01. The molecule has 0 fully saturated rings. The summed E-state index contributed by atoms with van der Waals surface area (Å²) in [6.45, 7) is 3.96. The zero-order chi connectivity index (χ0) is 30.1. The number of halogens is 1. The van der Waals surface area contributed by atoms with Crippen LogP contribution in [0.1, 0.15) is 35.4 Å². The van der Waals surface area contributed by atoms with E-state index in [9.17, 15) is 9.59 Å². The SMILES string of the molecule is CCOC(=O)C1=C(c2ccccc2)N=c2s/c(=C\c3ccc(-c4ccc(C)cc4Br)o3)c(=O)n2C1c1ccc(OC)cc1. The molecule has 216 valence electrons. The first-order chi connectivity index (χ1) is 20.9. The van der Waals surface area contributed by atoms with Gasteiger partial charge in [0.05, 0.1) is 35.6 Å². The Balaban J connectivity index is 1.55. The summed E-state index contributed by atoms with van der Waals surface area (Å²) in [7, 11) is 1.59. The maximum atomic E-state index is 14.1. The van der Waals surface area contributed by atoms with Gasteiger partial charge in [0, 0.05) is 21.7 Å². The van der Waals surface area contributed by atoms with Crippen molar-refractivity contribution in [3.63, 3.8) is 0 Å². The smallest absolute Gasteiger partial charge is 0.338 e. The monoisotopic (exact) mass is 654 g/mol. The third-order valence-electron chi connectivity index (χ3n) is 7.10. The van der Waals surface area contributed by atoms with E-state index in [1.54, 1.807) is 24.7 Å². The summed E-state index contributed by atoms with van der Waals surface area (Å²) >= 11 is 4.86. The number of rotatable bonds is 7. The number of hydrogen-bond acceptors (Lipinski definition) is 7. The van der Waals surface area contributed by atoms with Crippen molar-refractivity contribution in [2.24, 2.45) is 4.99 Å². The number of benzene rings is 3. The molecule has 0 amide bonds. The Morgan fingerprint density at radius 2 is 1.84 bits per heavy atom. The Morgan fingerprint density at radius 1 is 1.07 bits per heavy atom. The minimum atomic E-state index is -0.769. The van der Waals surface area contributed by atoms with Crippen molar-refractivity contribution in [1.82, 2.24) is 4.57 Å². The molecule has 3 heterocycles. The molecule has 0 spiro atoms. The molecular weight excluding hydrogens is 628 g/mol. The van der Waals surface area contributed by atoms with Crippen molar-refractivity contribution in [3.8, 4) is 17.1 Å². The van der Waals surface area contributed by atoms with Gasteiger partial charge in [0.1, 0.15) is 17.3 Å². The van der Waals surface area contributed by atoms with Crippen LogP contribution in [0.3, 0.4) is 0 Å². The van der Waals surface area contributed by atoms with Crippen molar-refractivity contribution in [1.29, 1.82) is 0 Å². The first-order valence-corrected chi connectivity index (χ1v) is 15.3. The van der Waals surface area contributed by atoms with Gasteiger partial charge in [-0.1, -0.05) is 75.8 Å². The van der Waals surface area contributed by atoms with E-state index in [4.69, 9.17) is 18.9 Å². The number of hydrogen-bond donors (Lipinski definition) is 0. The average Bonchev–Trinajstić information content (AvgIpc) is 3.60. The van der Waals surface area contributed by atoms with Crippen molar-refractivity contribution in [3.05, 3.63) is 137 Å². The molecular formula is C34H27BrN2O5S. The largest absolute Gasteiger partial charge is 0.497 e. The van der Waals surface area contributed by atoms with Crippen LogP contribution >= 0.6 is 27.3 Å². The second-order valence-corrected chi connectivity index (χ2v) is 11.8. The first-order valence-electron chi connectivity index (χ1n) is 13.7. The summed E-state index contributed by atoms with van der Waals surface area (Å²) in [5.41, 5.74) is 4.00. The van der Waals surface area contributed by atoms with Gasteiger partial charge in [0.15, 0.2) is 4.80 Å². The van der Waals surface area contributed by atoms with E-state index in [-0.39, 0.29) is 12.2 Å². The second kappa shape index (κ2) is 12.0. The molecule has 0 saturated carbocycles. The van der Waals surface area contributed by atoms with E-state index in [1.165, 1.54) is 11.3 Å². The van der Waals surface area contributed by atoms with Crippen molar-refractivity contribution in [2.75, 3.05) is 13.7 Å². The number of nitrogens with zero attached hydrogens (tertiary/aromatic N) is 2. The van der Waals surface area contributed by atoms with Gasteiger partial charge in [-0.05, 0) is 61.4 Å². The van der Waals surface area contributed by atoms with E-state index in [0.717, 1.165) is 26.7 Å². The Labute approximate surface area is 260 Å². The van der Waals surface area contributed by atoms with Crippen LogP contribution in [0.25, 0.3) is 23.1 Å². The highest BCUT2D eigenvalue weighted by Crippen LogP contribution is 2.36. The predicted octanol–water partition coefficient (Wildman–Crippen LogP) is 6.28.